The number of thiocarbonyl (C=S) groups is 1. The topological polar surface area (TPSA) is 63.2 Å². The number of para-hydroxylation sites is 1. The number of benzene rings is 1. The standard InChI is InChI=1S/C25H31N3O2S/c1-24(2,3)30-21-16-26-12-11-17(21)15-27-19-13-25(4,5)14-20(29)22(19)23(31)28-18-9-7-6-8-10-18/h6-12,16,27H,13-15H2,1-5H3,(H,28,31). The lowest BCUT2D eigenvalue weighted by Crippen LogP contribution is -2.35. The average molecular weight is 438 g/mol. The molecule has 0 bridgehead atoms. The Balaban J connectivity index is 1.87. The van der Waals surface area contributed by atoms with Crippen molar-refractivity contribution in [2.45, 2.75) is 59.6 Å². The molecule has 0 radical (unpaired) electrons. The van der Waals surface area contributed by atoms with E-state index < -0.39 is 0 Å². The summed E-state index contributed by atoms with van der Waals surface area (Å²) in [4.78, 5) is 17.7. The van der Waals surface area contributed by atoms with E-state index in [0.29, 0.717) is 23.5 Å². The van der Waals surface area contributed by atoms with Crippen LogP contribution in [0.1, 0.15) is 53.0 Å². The molecule has 3 rings (SSSR count). The molecule has 1 aromatic carbocycles. The van der Waals surface area contributed by atoms with Crippen molar-refractivity contribution in [2.24, 2.45) is 5.41 Å². The predicted octanol–water partition coefficient (Wildman–Crippen LogP) is 5.43. The Bertz CT molecular complexity index is 991. The van der Waals surface area contributed by atoms with Gasteiger partial charge in [0, 0.05) is 36.1 Å². The van der Waals surface area contributed by atoms with E-state index in [-0.39, 0.29) is 16.8 Å². The normalized spacial score (nSPS) is 16.1. The van der Waals surface area contributed by atoms with Crippen LogP contribution in [0.15, 0.2) is 60.1 Å². The summed E-state index contributed by atoms with van der Waals surface area (Å²) in [5.41, 5.74) is 2.83. The van der Waals surface area contributed by atoms with Crippen LogP contribution in [0.4, 0.5) is 5.69 Å². The highest BCUT2D eigenvalue weighted by Crippen LogP contribution is 2.37. The Labute approximate surface area is 190 Å². The van der Waals surface area contributed by atoms with Crippen LogP contribution in [0.5, 0.6) is 5.75 Å². The number of carbonyl (C=O) groups is 1. The van der Waals surface area contributed by atoms with Gasteiger partial charge in [0.2, 0.25) is 0 Å². The number of nitrogens with one attached hydrogen (secondary N) is 2. The molecule has 0 saturated carbocycles. The molecule has 1 aliphatic rings. The van der Waals surface area contributed by atoms with Crippen LogP contribution in [0, 0.1) is 5.41 Å². The molecule has 164 valence electrons. The van der Waals surface area contributed by atoms with Gasteiger partial charge in [-0.3, -0.25) is 9.78 Å². The molecule has 0 unspecified atom stereocenters. The third-order valence-corrected chi connectivity index (χ3v) is 5.22. The Morgan fingerprint density at radius 3 is 2.55 bits per heavy atom. The monoisotopic (exact) mass is 437 g/mol. The van der Waals surface area contributed by atoms with Crippen molar-refractivity contribution in [3.63, 3.8) is 0 Å². The summed E-state index contributed by atoms with van der Waals surface area (Å²) in [5.74, 6) is 0.795. The number of anilines is 1. The van der Waals surface area contributed by atoms with E-state index in [1.165, 1.54) is 0 Å². The van der Waals surface area contributed by atoms with Gasteiger partial charge in [-0.05, 0) is 50.8 Å². The van der Waals surface area contributed by atoms with Crippen molar-refractivity contribution in [3.8, 4) is 5.75 Å². The van der Waals surface area contributed by atoms with Crippen LogP contribution in [-0.2, 0) is 11.3 Å². The molecule has 0 atom stereocenters. The highest BCUT2D eigenvalue weighted by Gasteiger charge is 2.34. The van der Waals surface area contributed by atoms with Gasteiger partial charge in [0.1, 0.15) is 16.3 Å². The van der Waals surface area contributed by atoms with Crippen molar-refractivity contribution >= 4 is 28.7 Å². The van der Waals surface area contributed by atoms with E-state index in [2.05, 4.69) is 29.5 Å². The lowest BCUT2D eigenvalue weighted by Gasteiger charge is -2.33. The molecule has 0 amide bonds. The molecule has 31 heavy (non-hydrogen) atoms. The number of ketones is 1. The molecular formula is C25H31N3O2S. The Kier molecular flexibility index (Phi) is 6.80. The molecule has 0 spiro atoms. The summed E-state index contributed by atoms with van der Waals surface area (Å²) < 4.78 is 6.06. The number of pyridine rings is 1. The Morgan fingerprint density at radius 2 is 1.87 bits per heavy atom. The van der Waals surface area contributed by atoms with E-state index in [4.69, 9.17) is 17.0 Å². The lowest BCUT2D eigenvalue weighted by atomic mass is 9.75. The summed E-state index contributed by atoms with van der Waals surface area (Å²) >= 11 is 5.65. The summed E-state index contributed by atoms with van der Waals surface area (Å²) in [6.45, 7) is 10.8. The predicted molar refractivity (Wildman–Crippen MR) is 129 cm³/mol. The minimum atomic E-state index is -0.327. The van der Waals surface area contributed by atoms with Crippen molar-refractivity contribution in [2.75, 3.05) is 5.32 Å². The van der Waals surface area contributed by atoms with Gasteiger partial charge in [0.05, 0.1) is 11.8 Å². The molecular weight excluding hydrogens is 406 g/mol. The van der Waals surface area contributed by atoms with Crippen molar-refractivity contribution in [1.29, 1.82) is 0 Å². The van der Waals surface area contributed by atoms with Crippen LogP contribution >= 0.6 is 12.2 Å². The second-order valence-electron chi connectivity index (χ2n) is 9.67. The molecule has 6 heteroatoms. The highest BCUT2D eigenvalue weighted by molar-refractivity contribution is 7.81. The number of aromatic nitrogens is 1. The fraction of sp³-hybridized carbons (Fsp3) is 0.400. The van der Waals surface area contributed by atoms with Gasteiger partial charge in [0.15, 0.2) is 5.78 Å². The quantitative estimate of drug-likeness (QED) is 0.588. The highest BCUT2D eigenvalue weighted by atomic mass is 32.1. The van der Waals surface area contributed by atoms with Gasteiger partial charge >= 0.3 is 0 Å². The smallest absolute Gasteiger partial charge is 0.168 e. The van der Waals surface area contributed by atoms with Crippen LogP contribution < -0.4 is 15.4 Å². The third-order valence-electron chi connectivity index (χ3n) is 4.91. The summed E-state index contributed by atoms with van der Waals surface area (Å²) in [5, 5.41) is 6.71. The van der Waals surface area contributed by atoms with E-state index in [9.17, 15) is 4.79 Å². The minimum absolute atomic E-state index is 0.0630. The lowest BCUT2D eigenvalue weighted by molar-refractivity contribution is -0.117. The van der Waals surface area contributed by atoms with Gasteiger partial charge in [-0.1, -0.05) is 44.3 Å². The zero-order valence-corrected chi connectivity index (χ0v) is 19.7. The fourth-order valence-electron chi connectivity index (χ4n) is 3.63. The zero-order valence-electron chi connectivity index (χ0n) is 18.9. The molecule has 0 saturated heterocycles. The average Bonchev–Trinajstić information content (AvgIpc) is 2.65. The van der Waals surface area contributed by atoms with Gasteiger partial charge in [0.25, 0.3) is 0 Å². The van der Waals surface area contributed by atoms with Crippen molar-refractivity contribution in [3.05, 3.63) is 65.6 Å². The van der Waals surface area contributed by atoms with Crippen LogP contribution in [-0.4, -0.2) is 21.4 Å². The van der Waals surface area contributed by atoms with E-state index in [1.54, 1.807) is 12.4 Å². The van der Waals surface area contributed by atoms with Crippen LogP contribution in [0.25, 0.3) is 0 Å². The summed E-state index contributed by atoms with van der Waals surface area (Å²) in [7, 11) is 0. The number of rotatable bonds is 6. The molecule has 1 aromatic heterocycles. The molecule has 2 N–H and O–H groups in total. The first-order valence-corrected chi connectivity index (χ1v) is 10.9. The number of ether oxygens (including phenoxy) is 1. The largest absolute Gasteiger partial charge is 0.486 e. The maximum Gasteiger partial charge on any atom is 0.168 e. The fourth-order valence-corrected chi connectivity index (χ4v) is 3.98. The number of hydrogen-bond acceptors (Lipinski definition) is 5. The van der Waals surface area contributed by atoms with Gasteiger partial charge in [-0.25, -0.2) is 0 Å². The number of hydrogen-bond donors (Lipinski definition) is 2. The first-order valence-electron chi connectivity index (χ1n) is 10.5. The van der Waals surface area contributed by atoms with Gasteiger partial charge < -0.3 is 15.4 Å². The number of Topliss-reactive ketones (excluding diaryl/α,β-unsaturated/α-hetero) is 1. The van der Waals surface area contributed by atoms with Gasteiger partial charge in [-0.2, -0.15) is 0 Å². The number of carbonyl (C=O) groups excluding carboxylic acids is 1. The third kappa shape index (κ3) is 6.37. The minimum Gasteiger partial charge on any atom is -0.486 e. The van der Waals surface area contributed by atoms with Crippen LogP contribution in [0.3, 0.4) is 0 Å². The molecule has 2 aromatic rings. The second kappa shape index (κ2) is 9.18. The summed E-state index contributed by atoms with van der Waals surface area (Å²) in [6, 6.07) is 11.6. The molecule has 5 nitrogen and oxygen atoms in total. The number of nitrogens with zero attached hydrogens (tertiary/aromatic N) is 1. The Hall–Kier alpha value is -2.73. The molecule has 1 aliphatic carbocycles. The van der Waals surface area contributed by atoms with Crippen molar-refractivity contribution < 1.29 is 9.53 Å². The first-order chi connectivity index (χ1) is 14.5. The second-order valence-corrected chi connectivity index (χ2v) is 10.1. The van der Waals surface area contributed by atoms with E-state index in [1.807, 2.05) is 57.2 Å². The maximum absolute atomic E-state index is 13.1. The SMILES string of the molecule is CC1(C)CC(=O)C(C(=S)Nc2ccccc2)=C(NCc2ccncc2OC(C)(C)C)C1. The van der Waals surface area contributed by atoms with Crippen molar-refractivity contribution in [1.82, 2.24) is 10.3 Å². The zero-order chi connectivity index (χ0) is 22.6. The number of allylic oxidation sites excluding steroid dienone is 1. The van der Waals surface area contributed by atoms with E-state index in [0.717, 1.165) is 29.1 Å². The molecule has 0 fully saturated rings. The molecule has 0 aliphatic heterocycles. The Morgan fingerprint density at radius 1 is 1.16 bits per heavy atom. The first kappa shape index (κ1) is 22.9. The summed E-state index contributed by atoms with van der Waals surface area (Å²) in [6.07, 6.45) is 4.69. The van der Waals surface area contributed by atoms with E-state index >= 15 is 0 Å². The maximum atomic E-state index is 13.1. The van der Waals surface area contributed by atoms with Crippen LogP contribution in [0.2, 0.25) is 0 Å². The molecule has 1 heterocycles. The van der Waals surface area contributed by atoms with Gasteiger partial charge in [-0.15, -0.1) is 0 Å².